The predicted octanol–water partition coefficient (Wildman–Crippen LogP) is 1.40. The molecule has 0 spiro atoms. The average molecular weight is 211 g/mol. The first-order valence-corrected chi connectivity index (χ1v) is 3.40. The summed E-state index contributed by atoms with van der Waals surface area (Å²) in [6, 6.07) is 0. The van der Waals surface area contributed by atoms with Gasteiger partial charge in [-0.1, -0.05) is 23.2 Å². The van der Waals surface area contributed by atoms with E-state index in [1.807, 2.05) is 0 Å². The van der Waals surface area contributed by atoms with E-state index in [0.717, 1.165) is 6.08 Å². The molecule has 0 amide bonds. The molecule has 0 aliphatic carbocycles. The fraction of sp³-hybridized carbons (Fsp3) is 0. The molecule has 0 saturated heterocycles. The van der Waals surface area contributed by atoms with Gasteiger partial charge in [-0.2, -0.15) is 0 Å². The number of rotatable bonds is 3. The van der Waals surface area contributed by atoms with Crippen molar-refractivity contribution in [3.05, 3.63) is 22.2 Å². The van der Waals surface area contributed by atoms with Crippen molar-refractivity contribution in [2.45, 2.75) is 0 Å². The van der Waals surface area contributed by atoms with Crippen molar-refractivity contribution >= 4 is 35.1 Å². The maximum Gasteiger partial charge on any atom is 0.348 e. The van der Waals surface area contributed by atoms with Crippen molar-refractivity contribution in [3.8, 4) is 0 Å². The summed E-state index contributed by atoms with van der Waals surface area (Å²) in [7, 11) is 0. The highest BCUT2D eigenvalue weighted by atomic mass is 35.5. The van der Waals surface area contributed by atoms with E-state index in [2.05, 4.69) is 0 Å². The molecule has 0 fully saturated rings. The van der Waals surface area contributed by atoms with Crippen LogP contribution in [0.1, 0.15) is 0 Å². The number of halogens is 2. The summed E-state index contributed by atoms with van der Waals surface area (Å²) in [5.74, 6) is -2.64. The highest BCUT2D eigenvalue weighted by molar-refractivity contribution is 6.47. The third-order valence-corrected chi connectivity index (χ3v) is 1.55. The first kappa shape index (κ1) is 11.0. The Balaban J connectivity index is 4.58. The Morgan fingerprint density at radius 2 is 1.58 bits per heavy atom. The zero-order valence-corrected chi connectivity index (χ0v) is 7.13. The molecule has 0 aromatic carbocycles. The molecule has 6 heteroatoms. The van der Waals surface area contributed by atoms with Crippen LogP contribution in [-0.2, 0) is 9.59 Å². The minimum atomic E-state index is -1.41. The van der Waals surface area contributed by atoms with Crippen molar-refractivity contribution < 1.29 is 19.8 Å². The van der Waals surface area contributed by atoms with Crippen molar-refractivity contribution in [1.29, 1.82) is 0 Å². The number of hydrogen-bond donors (Lipinski definition) is 2. The molecule has 0 aliphatic rings. The van der Waals surface area contributed by atoms with Gasteiger partial charge in [-0.25, -0.2) is 9.59 Å². The molecule has 0 aromatic heterocycles. The van der Waals surface area contributed by atoms with E-state index >= 15 is 0 Å². The highest BCUT2D eigenvalue weighted by Gasteiger charge is 2.07. The third-order valence-electron chi connectivity index (χ3n) is 0.770. The van der Waals surface area contributed by atoms with Crippen LogP contribution in [0.2, 0.25) is 0 Å². The first-order valence-electron chi connectivity index (χ1n) is 2.64. The summed E-state index contributed by atoms with van der Waals surface area (Å²) in [5, 5.41) is 15.4. The number of allylic oxidation sites excluding steroid dienone is 2. The minimum Gasteiger partial charge on any atom is -0.478 e. The van der Waals surface area contributed by atoms with Crippen LogP contribution in [0.25, 0.3) is 0 Å². The molecular weight excluding hydrogens is 207 g/mol. The van der Waals surface area contributed by atoms with Gasteiger partial charge >= 0.3 is 11.9 Å². The summed E-state index contributed by atoms with van der Waals surface area (Å²) in [6.45, 7) is 0. The number of aliphatic carboxylic acids is 2. The lowest BCUT2D eigenvalue weighted by atomic mass is 10.4. The molecule has 0 heterocycles. The molecule has 0 saturated carbocycles. The van der Waals surface area contributed by atoms with Gasteiger partial charge < -0.3 is 10.2 Å². The SMILES string of the molecule is O=C(O)/C=C/C(Cl)=C(\Cl)C(=O)O. The Kier molecular flexibility index (Phi) is 4.39. The normalized spacial score (nSPS) is 12.8. The Bertz CT molecular complexity index is 267. The quantitative estimate of drug-likeness (QED) is 0.546. The van der Waals surface area contributed by atoms with Gasteiger partial charge in [0, 0.05) is 6.08 Å². The second-order valence-electron chi connectivity index (χ2n) is 1.64. The highest BCUT2D eigenvalue weighted by Crippen LogP contribution is 2.14. The van der Waals surface area contributed by atoms with Crippen molar-refractivity contribution in [2.75, 3.05) is 0 Å². The van der Waals surface area contributed by atoms with Gasteiger partial charge in [0.2, 0.25) is 0 Å². The van der Waals surface area contributed by atoms with Gasteiger partial charge in [0.05, 0.1) is 5.03 Å². The summed E-state index contributed by atoms with van der Waals surface area (Å²) in [6.07, 6.45) is 1.58. The lowest BCUT2D eigenvalue weighted by molar-refractivity contribution is -0.132. The minimum absolute atomic E-state index is 0.327. The van der Waals surface area contributed by atoms with E-state index in [-0.39, 0.29) is 5.03 Å². The van der Waals surface area contributed by atoms with Crippen molar-refractivity contribution in [2.24, 2.45) is 0 Å². The Labute approximate surface area is 77.7 Å². The summed E-state index contributed by atoms with van der Waals surface area (Å²) in [4.78, 5) is 20.1. The molecule has 12 heavy (non-hydrogen) atoms. The molecule has 2 N–H and O–H groups in total. The van der Waals surface area contributed by atoms with Gasteiger partial charge in [-0.05, 0) is 6.08 Å². The Morgan fingerprint density at radius 1 is 1.08 bits per heavy atom. The zero-order chi connectivity index (χ0) is 9.72. The van der Waals surface area contributed by atoms with Crippen LogP contribution in [0, 0.1) is 0 Å². The molecule has 0 radical (unpaired) electrons. The zero-order valence-electron chi connectivity index (χ0n) is 5.62. The van der Waals surface area contributed by atoms with E-state index in [0.29, 0.717) is 6.08 Å². The second kappa shape index (κ2) is 4.79. The van der Waals surface area contributed by atoms with Crippen LogP contribution >= 0.6 is 23.2 Å². The second-order valence-corrected chi connectivity index (χ2v) is 2.42. The predicted molar refractivity (Wildman–Crippen MR) is 43.1 cm³/mol. The molecule has 0 rings (SSSR count). The largest absolute Gasteiger partial charge is 0.478 e. The van der Waals surface area contributed by atoms with Crippen LogP contribution in [0.15, 0.2) is 22.2 Å². The van der Waals surface area contributed by atoms with Gasteiger partial charge in [-0.15, -0.1) is 0 Å². The Morgan fingerprint density at radius 3 is 1.92 bits per heavy atom. The molecule has 0 aliphatic heterocycles. The van der Waals surface area contributed by atoms with E-state index in [9.17, 15) is 9.59 Å². The fourth-order valence-corrected chi connectivity index (χ4v) is 0.527. The molecule has 0 unspecified atom stereocenters. The van der Waals surface area contributed by atoms with Crippen LogP contribution in [0.5, 0.6) is 0 Å². The monoisotopic (exact) mass is 210 g/mol. The number of carboxylic acids is 2. The lowest BCUT2D eigenvalue weighted by Gasteiger charge is -1.90. The van der Waals surface area contributed by atoms with Gasteiger partial charge in [0.25, 0.3) is 0 Å². The van der Waals surface area contributed by atoms with Gasteiger partial charge in [-0.3, -0.25) is 0 Å². The molecular formula is C6H4Cl2O4. The topological polar surface area (TPSA) is 74.6 Å². The molecule has 0 bridgehead atoms. The van der Waals surface area contributed by atoms with Crippen LogP contribution < -0.4 is 0 Å². The smallest absolute Gasteiger partial charge is 0.348 e. The summed E-state index contributed by atoms with van der Waals surface area (Å²) < 4.78 is 0. The van der Waals surface area contributed by atoms with E-state index in [4.69, 9.17) is 33.4 Å². The summed E-state index contributed by atoms with van der Waals surface area (Å²) >= 11 is 10.4. The molecule has 0 aromatic rings. The van der Waals surface area contributed by atoms with Gasteiger partial charge in [0.15, 0.2) is 0 Å². The van der Waals surface area contributed by atoms with E-state index in [1.54, 1.807) is 0 Å². The van der Waals surface area contributed by atoms with Crippen molar-refractivity contribution in [3.63, 3.8) is 0 Å². The first-order chi connectivity index (χ1) is 5.45. The summed E-state index contributed by atoms with van der Waals surface area (Å²) in [5.41, 5.74) is 0. The number of carbonyl (C=O) groups is 2. The van der Waals surface area contributed by atoms with E-state index in [1.165, 1.54) is 0 Å². The molecule has 4 nitrogen and oxygen atoms in total. The molecule has 66 valence electrons. The van der Waals surface area contributed by atoms with E-state index < -0.39 is 17.0 Å². The fourth-order valence-electron chi connectivity index (χ4n) is 0.320. The number of carboxylic acid groups (broad SMARTS) is 2. The van der Waals surface area contributed by atoms with Gasteiger partial charge in [0.1, 0.15) is 5.03 Å². The lowest BCUT2D eigenvalue weighted by Crippen LogP contribution is -1.95. The third kappa shape index (κ3) is 4.00. The number of hydrogen-bond acceptors (Lipinski definition) is 2. The maximum atomic E-state index is 10.1. The van der Waals surface area contributed by atoms with Crippen molar-refractivity contribution in [1.82, 2.24) is 0 Å². The van der Waals surface area contributed by atoms with Crippen LogP contribution in [0.3, 0.4) is 0 Å². The average Bonchev–Trinajstić information content (AvgIpc) is 1.98. The Hall–Kier alpha value is -1.00. The van der Waals surface area contributed by atoms with Crippen LogP contribution in [-0.4, -0.2) is 22.2 Å². The van der Waals surface area contributed by atoms with Crippen LogP contribution in [0.4, 0.5) is 0 Å². The maximum absolute atomic E-state index is 10.1. The molecule has 0 atom stereocenters. The standard InChI is InChI=1S/C6H4Cl2O4/c7-3(1-2-4(9)10)5(8)6(11)12/h1-2H,(H,9,10)(H,11,12)/b2-1+,5-3+.